The number of aromatic nitrogens is 2. The van der Waals surface area contributed by atoms with Crippen LogP contribution in [0.5, 0.6) is 0 Å². The van der Waals surface area contributed by atoms with Gasteiger partial charge in [-0.05, 0) is 25.7 Å². The number of nitrogens with zero attached hydrogens (tertiary/aromatic N) is 1. The molecule has 1 heterocycles. The molecule has 0 saturated heterocycles. The van der Waals surface area contributed by atoms with Gasteiger partial charge in [-0.2, -0.15) is 5.10 Å². The van der Waals surface area contributed by atoms with Gasteiger partial charge in [0.05, 0.1) is 11.8 Å². The average Bonchev–Trinajstić information content (AvgIpc) is 2.64. The lowest BCUT2D eigenvalue weighted by molar-refractivity contribution is 0.0921. The topological polar surface area (TPSA) is 57.8 Å². The van der Waals surface area contributed by atoms with Crippen molar-refractivity contribution in [2.45, 2.75) is 45.6 Å². The summed E-state index contributed by atoms with van der Waals surface area (Å²) in [6, 6.07) is 0.338. The van der Waals surface area contributed by atoms with Crippen LogP contribution < -0.4 is 5.32 Å². The van der Waals surface area contributed by atoms with Crippen molar-refractivity contribution in [2.24, 2.45) is 5.92 Å². The monoisotopic (exact) mass is 221 g/mol. The summed E-state index contributed by atoms with van der Waals surface area (Å²) in [6.45, 7) is 4.12. The summed E-state index contributed by atoms with van der Waals surface area (Å²) < 4.78 is 0. The van der Waals surface area contributed by atoms with Crippen molar-refractivity contribution >= 4 is 5.91 Å². The molecule has 0 radical (unpaired) electrons. The lowest BCUT2D eigenvalue weighted by Crippen LogP contribution is -2.38. The average molecular weight is 221 g/mol. The quantitative estimate of drug-likeness (QED) is 0.802. The summed E-state index contributed by atoms with van der Waals surface area (Å²) >= 11 is 0. The van der Waals surface area contributed by atoms with E-state index in [0.29, 0.717) is 11.6 Å². The Balaban J connectivity index is 1.95. The van der Waals surface area contributed by atoms with Crippen molar-refractivity contribution in [2.75, 3.05) is 0 Å². The molecule has 16 heavy (non-hydrogen) atoms. The summed E-state index contributed by atoms with van der Waals surface area (Å²) in [5.41, 5.74) is 1.50. The molecule has 2 rings (SSSR count). The van der Waals surface area contributed by atoms with Crippen LogP contribution in [-0.4, -0.2) is 22.1 Å². The van der Waals surface area contributed by atoms with E-state index in [1.165, 1.54) is 12.8 Å². The zero-order chi connectivity index (χ0) is 11.5. The first kappa shape index (κ1) is 11.2. The number of H-pyrrole nitrogens is 1. The van der Waals surface area contributed by atoms with Crippen molar-refractivity contribution in [3.05, 3.63) is 17.5 Å². The molecule has 4 nitrogen and oxygen atoms in total. The maximum absolute atomic E-state index is 11.9. The Morgan fingerprint density at radius 1 is 1.56 bits per heavy atom. The van der Waals surface area contributed by atoms with E-state index in [-0.39, 0.29) is 5.91 Å². The number of aromatic amines is 1. The smallest absolute Gasteiger partial charge is 0.254 e. The van der Waals surface area contributed by atoms with E-state index in [9.17, 15) is 4.79 Å². The van der Waals surface area contributed by atoms with Crippen LogP contribution >= 0.6 is 0 Å². The minimum atomic E-state index is 0.00495. The van der Waals surface area contributed by atoms with E-state index in [0.717, 1.165) is 24.5 Å². The number of rotatable bonds is 2. The zero-order valence-corrected chi connectivity index (χ0v) is 9.92. The minimum absolute atomic E-state index is 0.00495. The predicted molar refractivity (Wildman–Crippen MR) is 62.2 cm³/mol. The van der Waals surface area contributed by atoms with Crippen LogP contribution in [0.3, 0.4) is 0 Å². The number of nitrogens with one attached hydrogen (secondary N) is 2. The van der Waals surface area contributed by atoms with Gasteiger partial charge in [-0.3, -0.25) is 9.89 Å². The Morgan fingerprint density at radius 3 is 3.00 bits per heavy atom. The second-order valence-corrected chi connectivity index (χ2v) is 4.85. The lowest BCUT2D eigenvalue weighted by Gasteiger charge is -2.27. The molecule has 1 amide bonds. The molecule has 2 N–H and O–H groups in total. The molecule has 88 valence electrons. The fraction of sp³-hybridized carbons (Fsp3) is 0.667. The summed E-state index contributed by atoms with van der Waals surface area (Å²) in [4.78, 5) is 11.9. The molecule has 1 fully saturated rings. The van der Waals surface area contributed by atoms with Gasteiger partial charge in [0, 0.05) is 11.7 Å². The molecule has 2 unspecified atom stereocenters. The SMILES string of the molecule is Cc1[nH]ncc1C(=O)NC1CCCC(C)C1. The number of hydrogen-bond donors (Lipinski definition) is 2. The molecule has 4 heteroatoms. The first-order chi connectivity index (χ1) is 7.66. The second-order valence-electron chi connectivity index (χ2n) is 4.85. The molecule has 0 aromatic carbocycles. The highest BCUT2D eigenvalue weighted by Crippen LogP contribution is 2.23. The van der Waals surface area contributed by atoms with Crippen LogP contribution in [0.1, 0.15) is 48.7 Å². The molecule has 0 aliphatic heterocycles. The fourth-order valence-electron chi connectivity index (χ4n) is 2.41. The molecular formula is C12H19N3O. The van der Waals surface area contributed by atoms with E-state index in [1.54, 1.807) is 6.20 Å². The van der Waals surface area contributed by atoms with Gasteiger partial charge in [0.1, 0.15) is 0 Å². The van der Waals surface area contributed by atoms with Gasteiger partial charge in [-0.25, -0.2) is 0 Å². The highest BCUT2D eigenvalue weighted by atomic mass is 16.1. The minimum Gasteiger partial charge on any atom is -0.349 e. The van der Waals surface area contributed by atoms with Gasteiger partial charge >= 0.3 is 0 Å². The highest BCUT2D eigenvalue weighted by molar-refractivity contribution is 5.95. The van der Waals surface area contributed by atoms with E-state index in [1.807, 2.05) is 6.92 Å². The standard InChI is InChI=1S/C12H19N3O/c1-8-4-3-5-10(6-8)14-12(16)11-7-13-15-9(11)2/h7-8,10H,3-6H2,1-2H3,(H,13,15)(H,14,16). The molecule has 1 aliphatic carbocycles. The zero-order valence-electron chi connectivity index (χ0n) is 9.92. The summed E-state index contributed by atoms with van der Waals surface area (Å²) in [7, 11) is 0. The van der Waals surface area contributed by atoms with Crippen molar-refractivity contribution < 1.29 is 4.79 Å². The van der Waals surface area contributed by atoms with Gasteiger partial charge in [0.2, 0.25) is 0 Å². The molecule has 2 atom stereocenters. The van der Waals surface area contributed by atoms with Crippen LogP contribution in [0.25, 0.3) is 0 Å². The number of carbonyl (C=O) groups excluding carboxylic acids is 1. The second kappa shape index (κ2) is 4.68. The number of amides is 1. The van der Waals surface area contributed by atoms with E-state index < -0.39 is 0 Å². The Hall–Kier alpha value is -1.32. The van der Waals surface area contributed by atoms with Crippen LogP contribution in [0.15, 0.2) is 6.20 Å². The van der Waals surface area contributed by atoms with Gasteiger partial charge in [-0.15, -0.1) is 0 Å². The van der Waals surface area contributed by atoms with Gasteiger partial charge < -0.3 is 5.32 Å². The van der Waals surface area contributed by atoms with Crippen molar-refractivity contribution in [1.29, 1.82) is 0 Å². The van der Waals surface area contributed by atoms with E-state index >= 15 is 0 Å². The molecule has 0 bridgehead atoms. The fourth-order valence-corrected chi connectivity index (χ4v) is 2.41. The third-order valence-electron chi connectivity index (χ3n) is 3.35. The molecule has 1 aliphatic rings. The van der Waals surface area contributed by atoms with E-state index in [4.69, 9.17) is 0 Å². The normalized spacial score (nSPS) is 25.4. The highest BCUT2D eigenvalue weighted by Gasteiger charge is 2.21. The third-order valence-corrected chi connectivity index (χ3v) is 3.35. The van der Waals surface area contributed by atoms with E-state index in [2.05, 4.69) is 22.4 Å². The lowest BCUT2D eigenvalue weighted by atomic mass is 9.87. The molecule has 1 saturated carbocycles. The Bertz CT molecular complexity index is 372. The predicted octanol–water partition coefficient (Wildman–Crippen LogP) is 2.03. The van der Waals surface area contributed by atoms with Crippen molar-refractivity contribution in [1.82, 2.24) is 15.5 Å². The Kier molecular flexibility index (Phi) is 3.27. The first-order valence-corrected chi connectivity index (χ1v) is 5.97. The van der Waals surface area contributed by atoms with Crippen LogP contribution in [0.4, 0.5) is 0 Å². The van der Waals surface area contributed by atoms with Gasteiger partial charge in [0.25, 0.3) is 5.91 Å². The first-order valence-electron chi connectivity index (χ1n) is 5.97. The van der Waals surface area contributed by atoms with Gasteiger partial charge in [0.15, 0.2) is 0 Å². The number of aryl methyl sites for hydroxylation is 1. The maximum Gasteiger partial charge on any atom is 0.254 e. The summed E-state index contributed by atoms with van der Waals surface area (Å²) in [5.74, 6) is 0.731. The van der Waals surface area contributed by atoms with Gasteiger partial charge in [-0.1, -0.05) is 19.8 Å². The van der Waals surface area contributed by atoms with Crippen molar-refractivity contribution in [3.63, 3.8) is 0 Å². The number of hydrogen-bond acceptors (Lipinski definition) is 2. The summed E-state index contributed by atoms with van der Waals surface area (Å²) in [5, 5.41) is 9.74. The Labute approximate surface area is 95.8 Å². The largest absolute Gasteiger partial charge is 0.349 e. The molecule has 0 spiro atoms. The Morgan fingerprint density at radius 2 is 2.38 bits per heavy atom. The number of carbonyl (C=O) groups is 1. The van der Waals surface area contributed by atoms with Crippen LogP contribution in [0, 0.1) is 12.8 Å². The molecule has 1 aromatic rings. The third kappa shape index (κ3) is 2.43. The van der Waals surface area contributed by atoms with Crippen molar-refractivity contribution in [3.8, 4) is 0 Å². The van der Waals surface area contributed by atoms with Crippen LogP contribution in [0.2, 0.25) is 0 Å². The molecular weight excluding hydrogens is 202 g/mol. The molecule has 1 aromatic heterocycles. The summed E-state index contributed by atoms with van der Waals surface area (Å²) in [6.07, 6.45) is 6.31. The maximum atomic E-state index is 11.9. The van der Waals surface area contributed by atoms with Crippen LogP contribution in [-0.2, 0) is 0 Å².